The first-order valence-corrected chi connectivity index (χ1v) is 12.5. The van der Waals surface area contributed by atoms with Gasteiger partial charge in [0.1, 0.15) is 23.7 Å². The molecule has 0 radical (unpaired) electrons. The van der Waals surface area contributed by atoms with Gasteiger partial charge in [0.15, 0.2) is 0 Å². The monoisotopic (exact) mass is 476 g/mol. The Morgan fingerprint density at radius 1 is 0.824 bits per heavy atom. The van der Waals surface area contributed by atoms with E-state index in [9.17, 15) is 0 Å². The van der Waals surface area contributed by atoms with Crippen LogP contribution in [0.2, 0.25) is 0 Å². The van der Waals surface area contributed by atoms with E-state index in [0.29, 0.717) is 26.4 Å². The molecule has 1 fully saturated rings. The quantitative estimate of drug-likeness (QED) is 0.230. The van der Waals surface area contributed by atoms with Crippen molar-refractivity contribution >= 4 is 11.8 Å². The number of thioether (sulfide) groups is 1. The van der Waals surface area contributed by atoms with E-state index in [1.165, 1.54) is 5.56 Å². The molecule has 0 aliphatic carbocycles. The number of ether oxygens (including phenoxy) is 4. The van der Waals surface area contributed by atoms with Crippen LogP contribution in [0.25, 0.3) is 0 Å². The van der Waals surface area contributed by atoms with Gasteiger partial charge >= 0.3 is 0 Å². The van der Waals surface area contributed by atoms with Gasteiger partial charge in [0, 0.05) is 4.90 Å². The van der Waals surface area contributed by atoms with Crippen LogP contribution in [0, 0.1) is 6.92 Å². The normalized spacial score (nSPS) is 22.0. The van der Waals surface area contributed by atoms with Gasteiger partial charge in [-0.25, -0.2) is 0 Å². The summed E-state index contributed by atoms with van der Waals surface area (Å²) in [6, 6.07) is 28.9. The lowest BCUT2D eigenvalue weighted by molar-refractivity contribution is -0.0865. The SMILES string of the molecule is C=CCOC[C@H]1O[C@H](Sc2ccc(C)cc2)[C@@H](OCc2ccccc2)[C@@H]1OCc1ccccc1. The molecule has 1 heterocycles. The topological polar surface area (TPSA) is 36.9 Å². The maximum Gasteiger partial charge on any atom is 0.137 e. The van der Waals surface area contributed by atoms with Crippen LogP contribution < -0.4 is 0 Å². The molecule has 34 heavy (non-hydrogen) atoms. The van der Waals surface area contributed by atoms with Gasteiger partial charge in [0.2, 0.25) is 0 Å². The predicted molar refractivity (Wildman–Crippen MR) is 137 cm³/mol. The lowest BCUT2D eigenvalue weighted by Crippen LogP contribution is -2.38. The highest BCUT2D eigenvalue weighted by Gasteiger charge is 2.47. The van der Waals surface area contributed by atoms with Crippen molar-refractivity contribution in [3.05, 3.63) is 114 Å². The van der Waals surface area contributed by atoms with Gasteiger partial charge in [-0.1, -0.05) is 96.2 Å². The number of aryl methyl sites for hydroxylation is 1. The van der Waals surface area contributed by atoms with Crippen LogP contribution in [-0.2, 0) is 32.2 Å². The van der Waals surface area contributed by atoms with E-state index < -0.39 is 0 Å². The van der Waals surface area contributed by atoms with E-state index in [2.05, 4.69) is 62.0 Å². The second-order valence-corrected chi connectivity index (χ2v) is 9.49. The third-order valence-electron chi connectivity index (χ3n) is 5.63. The Labute approximate surface area is 206 Å². The molecule has 4 rings (SSSR count). The van der Waals surface area contributed by atoms with Gasteiger partial charge in [-0.3, -0.25) is 0 Å². The Kier molecular flexibility index (Phi) is 9.36. The Bertz CT molecular complexity index is 994. The molecule has 0 unspecified atom stereocenters. The van der Waals surface area contributed by atoms with Crippen LogP contribution in [0.3, 0.4) is 0 Å². The first kappa shape index (κ1) is 24.7. The lowest BCUT2D eigenvalue weighted by Gasteiger charge is -2.25. The molecule has 3 aromatic carbocycles. The summed E-state index contributed by atoms with van der Waals surface area (Å²) in [4.78, 5) is 1.14. The van der Waals surface area contributed by atoms with Crippen LogP contribution in [-0.4, -0.2) is 37.0 Å². The zero-order valence-corrected chi connectivity index (χ0v) is 20.4. The van der Waals surface area contributed by atoms with Crippen molar-refractivity contribution in [2.45, 2.75) is 48.8 Å². The van der Waals surface area contributed by atoms with Crippen molar-refractivity contribution in [1.29, 1.82) is 0 Å². The largest absolute Gasteiger partial charge is 0.375 e. The smallest absolute Gasteiger partial charge is 0.137 e. The van der Waals surface area contributed by atoms with Gasteiger partial charge < -0.3 is 18.9 Å². The molecule has 5 heteroatoms. The molecule has 0 amide bonds. The molecule has 3 aromatic rings. The van der Waals surface area contributed by atoms with E-state index in [1.807, 2.05) is 36.4 Å². The van der Waals surface area contributed by atoms with Crippen molar-refractivity contribution < 1.29 is 18.9 Å². The molecular weight excluding hydrogens is 444 g/mol. The second-order valence-electron chi connectivity index (χ2n) is 8.32. The fourth-order valence-corrected chi connectivity index (χ4v) is 4.98. The van der Waals surface area contributed by atoms with Gasteiger partial charge in [-0.05, 0) is 30.2 Å². The Morgan fingerprint density at radius 2 is 1.41 bits per heavy atom. The maximum atomic E-state index is 6.50. The number of hydrogen-bond acceptors (Lipinski definition) is 5. The van der Waals surface area contributed by atoms with Crippen molar-refractivity contribution in [2.24, 2.45) is 0 Å². The van der Waals surface area contributed by atoms with E-state index in [4.69, 9.17) is 18.9 Å². The van der Waals surface area contributed by atoms with Crippen LogP contribution in [0.4, 0.5) is 0 Å². The van der Waals surface area contributed by atoms with Crippen molar-refractivity contribution in [3.63, 3.8) is 0 Å². The summed E-state index contributed by atoms with van der Waals surface area (Å²) in [5.41, 5.74) is 3.25. The Hall–Kier alpha value is -2.41. The molecule has 1 aliphatic heterocycles. The second kappa shape index (κ2) is 12.9. The fraction of sp³-hybridized carbons (Fsp3) is 0.310. The molecular formula is C29H32O4S. The minimum atomic E-state index is -0.267. The summed E-state index contributed by atoms with van der Waals surface area (Å²) in [6.07, 6.45) is 0.980. The van der Waals surface area contributed by atoms with Crippen LogP contribution >= 0.6 is 11.8 Å². The Morgan fingerprint density at radius 3 is 2.00 bits per heavy atom. The highest BCUT2D eigenvalue weighted by molar-refractivity contribution is 7.99. The number of benzene rings is 3. The standard InChI is InChI=1S/C29H32O4S/c1-3-18-30-21-26-27(31-19-23-10-6-4-7-11-23)28(32-20-24-12-8-5-9-13-24)29(33-26)34-25-16-14-22(2)15-17-25/h3-17,26-29H,1,18-21H2,2H3/t26-,27-,28+,29-/m1/s1. The summed E-state index contributed by atoms with van der Waals surface area (Å²) >= 11 is 1.67. The van der Waals surface area contributed by atoms with Crippen LogP contribution in [0.15, 0.2) is 102 Å². The molecule has 1 saturated heterocycles. The van der Waals surface area contributed by atoms with E-state index in [1.54, 1.807) is 17.8 Å². The molecule has 0 bridgehead atoms. The minimum absolute atomic E-state index is 0.218. The van der Waals surface area contributed by atoms with E-state index in [-0.39, 0.29) is 23.7 Å². The highest BCUT2D eigenvalue weighted by Crippen LogP contribution is 2.38. The van der Waals surface area contributed by atoms with E-state index in [0.717, 1.165) is 16.0 Å². The molecule has 0 N–H and O–H groups in total. The van der Waals surface area contributed by atoms with E-state index >= 15 is 0 Å². The lowest BCUT2D eigenvalue weighted by atomic mass is 10.1. The third kappa shape index (κ3) is 7.05. The average Bonchev–Trinajstić information content (AvgIpc) is 3.20. The first-order valence-electron chi connectivity index (χ1n) is 11.6. The number of hydrogen-bond donors (Lipinski definition) is 0. The summed E-state index contributed by atoms with van der Waals surface area (Å²) < 4.78 is 25.2. The zero-order valence-electron chi connectivity index (χ0n) is 19.5. The van der Waals surface area contributed by atoms with Crippen molar-refractivity contribution in [1.82, 2.24) is 0 Å². The van der Waals surface area contributed by atoms with Gasteiger partial charge in [-0.15, -0.1) is 6.58 Å². The zero-order chi connectivity index (χ0) is 23.6. The van der Waals surface area contributed by atoms with Crippen LogP contribution in [0.5, 0.6) is 0 Å². The third-order valence-corrected chi connectivity index (χ3v) is 6.78. The molecule has 4 nitrogen and oxygen atoms in total. The van der Waals surface area contributed by atoms with Crippen LogP contribution in [0.1, 0.15) is 16.7 Å². The molecule has 1 aliphatic rings. The Balaban J connectivity index is 1.53. The van der Waals surface area contributed by atoms with Gasteiger partial charge in [-0.2, -0.15) is 0 Å². The molecule has 4 atom stereocenters. The predicted octanol–water partition coefficient (Wildman–Crippen LogP) is 6.19. The summed E-state index contributed by atoms with van der Waals surface area (Å²) in [7, 11) is 0. The van der Waals surface area contributed by atoms with Gasteiger partial charge in [0.25, 0.3) is 0 Å². The molecule has 0 spiro atoms. The first-order chi connectivity index (χ1) is 16.7. The van der Waals surface area contributed by atoms with Crippen molar-refractivity contribution in [3.8, 4) is 0 Å². The molecule has 0 saturated carbocycles. The fourth-order valence-electron chi connectivity index (χ4n) is 3.85. The summed E-state index contributed by atoms with van der Waals surface area (Å²) in [6.45, 7) is 7.70. The summed E-state index contributed by atoms with van der Waals surface area (Å²) in [5.74, 6) is 0. The number of rotatable bonds is 12. The van der Waals surface area contributed by atoms with Gasteiger partial charge in [0.05, 0.1) is 26.4 Å². The van der Waals surface area contributed by atoms with Crippen molar-refractivity contribution in [2.75, 3.05) is 13.2 Å². The summed E-state index contributed by atoms with van der Waals surface area (Å²) in [5, 5.41) is 0. The highest BCUT2D eigenvalue weighted by atomic mass is 32.2. The molecule has 178 valence electrons. The minimum Gasteiger partial charge on any atom is -0.375 e. The average molecular weight is 477 g/mol. The molecule has 0 aromatic heterocycles. The maximum absolute atomic E-state index is 6.50.